The van der Waals surface area contributed by atoms with Crippen molar-refractivity contribution >= 4 is 5.82 Å². The largest absolute Gasteiger partial charge is 0.358 e. The normalized spacial score (nSPS) is 9.00. The van der Waals surface area contributed by atoms with E-state index >= 15 is 0 Å². The first-order valence-electron chi connectivity index (χ1n) is 2.63. The molecule has 1 rings (SSSR count). The van der Waals surface area contributed by atoms with Gasteiger partial charge in [0.1, 0.15) is 12.1 Å². The lowest BCUT2D eigenvalue weighted by Crippen LogP contribution is -2.11. The minimum absolute atomic E-state index is 0.400. The minimum Gasteiger partial charge on any atom is -0.358 e. The molecule has 1 aromatic heterocycles. The van der Waals surface area contributed by atoms with Crippen molar-refractivity contribution in [3.63, 3.8) is 0 Å². The van der Waals surface area contributed by atoms with Crippen molar-refractivity contribution in [3.8, 4) is 0 Å². The van der Waals surface area contributed by atoms with Gasteiger partial charge in [-0.05, 0) is 6.07 Å². The zero-order valence-electron chi connectivity index (χ0n) is 4.91. The van der Waals surface area contributed by atoms with Crippen molar-refractivity contribution in [2.45, 2.75) is 0 Å². The fraction of sp³-hybridized carbons (Fsp3) is 0.200. The lowest BCUT2D eigenvalue weighted by atomic mass is 10.6. The van der Waals surface area contributed by atoms with Gasteiger partial charge in [0.25, 0.3) is 0 Å². The van der Waals surface area contributed by atoms with Crippen LogP contribution in [-0.2, 0) is 0 Å². The average Bonchev–Trinajstić information content (AvgIpc) is 1.91. The second kappa shape index (κ2) is 2.99. The van der Waals surface area contributed by atoms with Gasteiger partial charge in [-0.25, -0.2) is 9.97 Å². The lowest BCUT2D eigenvalue weighted by molar-refractivity contribution is 1.08. The van der Waals surface area contributed by atoms with Gasteiger partial charge in [-0.3, -0.25) is 0 Å². The second-order valence-corrected chi connectivity index (χ2v) is 1.48. The predicted molar refractivity (Wildman–Crippen MR) is 34.7 cm³/mol. The summed E-state index contributed by atoms with van der Waals surface area (Å²) in [5, 5.41) is 2.83. The summed E-state index contributed by atoms with van der Waals surface area (Å²) in [6.45, 7) is 0.400. The number of aromatic nitrogens is 2. The topological polar surface area (TPSA) is 63.8 Å². The zero-order chi connectivity index (χ0) is 6.53. The molecule has 0 aliphatic rings. The maximum Gasteiger partial charge on any atom is 0.130 e. The van der Waals surface area contributed by atoms with E-state index in [4.69, 9.17) is 5.73 Å². The molecule has 1 aromatic rings. The molecule has 4 nitrogen and oxygen atoms in total. The molecular weight excluding hydrogens is 116 g/mol. The van der Waals surface area contributed by atoms with Crippen LogP contribution in [0.2, 0.25) is 0 Å². The smallest absolute Gasteiger partial charge is 0.130 e. The van der Waals surface area contributed by atoms with Gasteiger partial charge in [0, 0.05) is 6.20 Å². The number of anilines is 1. The standard InChI is InChI=1S/C5H8N4/c6-3-8-5-1-2-7-4-9-5/h1-2,4H,3,6H2,(H,7,8,9). The van der Waals surface area contributed by atoms with Gasteiger partial charge < -0.3 is 11.1 Å². The molecule has 0 amide bonds. The van der Waals surface area contributed by atoms with Crippen LogP contribution in [0.3, 0.4) is 0 Å². The molecule has 1 heterocycles. The summed E-state index contributed by atoms with van der Waals surface area (Å²) in [6.07, 6.45) is 3.13. The van der Waals surface area contributed by atoms with E-state index in [0.717, 1.165) is 5.82 Å². The summed E-state index contributed by atoms with van der Waals surface area (Å²) >= 11 is 0. The summed E-state index contributed by atoms with van der Waals surface area (Å²) in [4.78, 5) is 7.60. The number of nitrogens with one attached hydrogen (secondary N) is 1. The molecule has 4 heteroatoms. The van der Waals surface area contributed by atoms with Gasteiger partial charge in [-0.15, -0.1) is 0 Å². The van der Waals surface area contributed by atoms with E-state index in [2.05, 4.69) is 15.3 Å². The fourth-order valence-corrected chi connectivity index (χ4v) is 0.500. The van der Waals surface area contributed by atoms with Gasteiger partial charge in [0.2, 0.25) is 0 Å². The summed E-state index contributed by atoms with van der Waals surface area (Å²) in [7, 11) is 0. The van der Waals surface area contributed by atoms with E-state index in [-0.39, 0.29) is 0 Å². The van der Waals surface area contributed by atoms with Gasteiger partial charge >= 0.3 is 0 Å². The predicted octanol–water partition coefficient (Wildman–Crippen LogP) is -0.195. The van der Waals surface area contributed by atoms with Crippen molar-refractivity contribution in [2.24, 2.45) is 5.73 Å². The Morgan fingerprint density at radius 2 is 2.56 bits per heavy atom. The summed E-state index contributed by atoms with van der Waals surface area (Å²) in [5.41, 5.74) is 5.19. The van der Waals surface area contributed by atoms with Crippen LogP contribution in [0.4, 0.5) is 5.82 Å². The number of nitrogens with two attached hydrogens (primary N) is 1. The molecule has 0 aromatic carbocycles. The molecule has 0 bridgehead atoms. The average molecular weight is 124 g/mol. The Balaban J connectivity index is 2.61. The molecule has 0 aliphatic carbocycles. The number of hydrogen-bond donors (Lipinski definition) is 2. The van der Waals surface area contributed by atoms with Crippen molar-refractivity contribution in [2.75, 3.05) is 12.0 Å². The van der Waals surface area contributed by atoms with Crippen LogP contribution in [0.1, 0.15) is 0 Å². The van der Waals surface area contributed by atoms with Crippen LogP contribution < -0.4 is 11.1 Å². The summed E-state index contributed by atoms with van der Waals surface area (Å²) < 4.78 is 0. The summed E-state index contributed by atoms with van der Waals surface area (Å²) in [6, 6.07) is 1.76. The highest BCUT2D eigenvalue weighted by Crippen LogP contribution is 1.94. The Kier molecular flexibility index (Phi) is 1.98. The highest BCUT2D eigenvalue weighted by molar-refractivity contribution is 5.30. The van der Waals surface area contributed by atoms with E-state index in [0.29, 0.717) is 6.67 Å². The minimum atomic E-state index is 0.400. The number of hydrogen-bond acceptors (Lipinski definition) is 4. The van der Waals surface area contributed by atoms with Crippen LogP contribution in [0.5, 0.6) is 0 Å². The van der Waals surface area contributed by atoms with E-state index in [1.165, 1.54) is 6.33 Å². The molecule has 0 radical (unpaired) electrons. The van der Waals surface area contributed by atoms with E-state index < -0.39 is 0 Å². The van der Waals surface area contributed by atoms with Crippen molar-refractivity contribution < 1.29 is 0 Å². The van der Waals surface area contributed by atoms with Crippen molar-refractivity contribution in [1.29, 1.82) is 0 Å². The molecule has 9 heavy (non-hydrogen) atoms. The SMILES string of the molecule is NCNc1ccncn1. The zero-order valence-corrected chi connectivity index (χ0v) is 4.91. The maximum atomic E-state index is 5.19. The first-order valence-corrected chi connectivity index (χ1v) is 2.63. The lowest BCUT2D eigenvalue weighted by Gasteiger charge is -1.97. The van der Waals surface area contributed by atoms with Crippen LogP contribution in [0.25, 0.3) is 0 Å². The molecule has 0 atom stereocenters. The molecule has 0 aliphatic heterocycles. The van der Waals surface area contributed by atoms with Gasteiger partial charge in [0.05, 0.1) is 6.67 Å². The monoisotopic (exact) mass is 124 g/mol. The van der Waals surface area contributed by atoms with Crippen LogP contribution in [0, 0.1) is 0 Å². The number of rotatable bonds is 2. The first-order chi connectivity index (χ1) is 4.43. The second-order valence-electron chi connectivity index (χ2n) is 1.48. The van der Waals surface area contributed by atoms with E-state index in [1.807, 2.05) is 0 Å². The van der Waals surface area contributed by atoms with Crippen molar-refractivity contribution in [3.05, 3.63) is 18.6 Å². The molecule has 0 spiro atoms. The van der Waals surface area contributed by atoms with Crippen LogP contribution in [0.15, 0.2) is 18.6 Å². The molecule has 48 valence electrons. The molecule has 0 unspecified atom stereocenters. The van der Waals surface area contributed by atoms with Gasteiger partial charge in [0.15, 0.2) is 0 Å². The quantitative estimate of drug-likeness (QED) is 0.536. The Morgan fingerprint density at radius 1 is 1.67 bits per heavy atom. The molecular formula is C5H8N4. The summed E-state index contributed by atoms with van der Waals surface area (Å²) in [5.74, 6) is 0.757. The highest BCUT2D eigenvalue weighted by Gasteiger charge is 1.84. The Morgan fingerprint density at radius 3 is 3.11 bits per heavy atom. The Hall–Kier alpha value is -1.16. The Bertz CT molecular complexity index is 162. The number of nitrogens with zero attached hydrogens (tertiary/aromatic N) is 2. The Labute approximate surface area is 53.1 Å². The third kappa shape index (κ3) is 1.65. The molecule has 3 N–H and O–H groups in total. The maximum absolute atomic E-state index is 5.19. The highest BCUT2D eigenvalue weighted by atomic mass is 15.0. The van der Waals surface area contributed by atoms with Crippen LogP contribution >= 0.6 is 0 Å². The fourth-order valence-electron chi connectivity index (χ4n) is 0.500. The van der Waals surface area contributed by atoms with Gasteiger partial charge in [-0.2, -0.15) is 0 Å². The van der Waals surface area contributed by atoms with E-state index in [1.54, 1.807) is 12.3 Å². The molecule has 0 fully saturated rings. The first kappa shape index (κ1) is 5.97. The molecule has 0 saturated heterocycles. The van der Waals surface area contributed by atoms with E-state index in [9.17, 15) is 0 Å². The third-order valence-electron chi connectivity index (χ3n) is 0.865. The van der Waals surface area contributed by atoms with Crippen LogP contribution in [-0.4, -0.2) is 16.6 Å². The van der Waals surface area contributed by atoms with Crippen molar-refractivity contribution in [1.82, 2.24) is 9.97 Å². The molecule has 0 saturated carbocycles. The third-order valence-corrected chi connectivity index (χ3v) is 0.865. The van der Waals surface area contributed by atoms with Gasteiger partial charge in [-0.1, -0.05) is 0 Å².